The van der Waals surface area contributed by atoms with Crippen LogP contribution >= 0.6 is 11.8 Å². The molecule has 0 bridgehead atoms. The van der Waals surface area contributed by atoms with Crippen LogP contribution in [0.1, 0.15) is 25.7 Å². The molecule has 1 aromatic rings. The summed E-state index contributed by atoms with van der Waals surface area (Å²) < 4.78 is 5.68. The molecular formula is C22H31N3O6S. The third kappa shape index (κ3) is 6.93. The zero-order valence-electron chi connectivity index (χ0n) is 18.0. The maximum atomic E-state index is 13.1. The second-order valence-electron chi connectivity index (χ2n) is 8.09. The van der Waals surface area contributed by atoms with Crippen molar-refractivity contribution in [2.24, 2.45) is 5.92 Å². The molecule has 2 aliphatic heterocycles. The fourth-order valence-corrected chi connectivity index (χ4v) is 5.10. The number of fused-ring (bicyclic) bond motifs is 1. The summed E-state index contributed by atoms with van der Waals surface area (Å²) in [5, 5.41) is 25.2. The molecule has 176 valence electrons. The molecule has 0 radical (unpaired) electrons. The highest BCUT2D eigenvalue weighted by molar-refractivity contribution is 7.99. The molecule has 4 N–H and O–H groups in total. The van der Waals surface area contributed by atoms with E-state index >= 15 is 0 Å². The molecule has 0 aromatic heterocycles. The molecule has 2 aliphatic rings. The van der Waals surface area contributed by atoms with Gasteiger partial charge in [-0.3, -0.25) is 24.6 Å². The van der Waals surface area contributed by atoms with Crippen molar-refractivity contribution in [3.63, 3.8) is 0 Å². The zero-order chi connectivity index (χ0) is 22.9. The van der Waals surface area contributed by atoms with Gasteiger partial charge in [-0.25, -0.2) is 0 Å². The van der Waals surface area contributed by atoms with Gasteiger partial charge in [0.2, 0.25) is 5.91 Å². The van der Waals surface area contributed by atoms with E-state index in [1.807, 2.05) is 12.1 Å². The predicted octanol–water partition coefficient (Wildman–Crippen LogP) is 1.42. The van der Waals surface area contributed by atoms with E-state index in [0.717, 1.165) is 37.2 Å². The van der Waals surface area contributed by atoms with E-state index in [9.17, 15) is 24.6 Å². The van der Waals surface area contributed by atoms with Gasteiger partial charge in [-0.15, -0.1) is 11.8 Å². The van der Waals surface area contributed by atoms with Crippen molar-refractivity contribution < 1.29 is 29.3 Å². The van der Waals surface area contributed by atoms with Crippen molar-refractivity contribution in [3.8, 4) is 0 Å². The Morgan fingerprint density at radius 1 is 1.22 bits per heavy atom. The second kappa shape index (κ2) is 12.2. The zero-order valence-corrected chi connectivity index (χ0v) is 18.8. The van der Waals surface area contributed by atoms with Crippen LogP contribution in [0.4, 0.5) is 5.69 Å². The average Bonchev–Trinajstić information content (AvgIpc) is 2.90. The molecular weight excluding hydrogens is 434 g/mol. The van der Waals surface area contributed by atoms with Gasteiger partial charge in [-0.05, 0) is 56.8 Å². The molecule has 1 amide bonds. The number of hydrogen-bond donors (Lipinski definition) is 4. The number of aliphatic carboxylic acids is 2. The molecule has 10 heteroatoms. The number of benzene rings is 1. The number of nitrogens with one attached hydrogen (secondary N) is 2. The minimum atomic E-state index is -1.13. The van der Waals surface area contributed by atoms with Gasteiger partial charge in [0.25, 0.3) is 0 Å². The van der Waals surface area contributed by atoms with Gasteiger partial charge in [-0.2, -0.15) is 0 Å². The first-order chi connectivity index (χ1) is 15.5. The van der Waals surface area contributed by atoms with Crippen molar-refractivity contribution in [1.29, 1.82) is 0 Å². The van der Waals surface area contributed by atoms with Crippen molar-refractivity contribution >= 4 is 35.3 Å². The molecule has 32 heavy (non-hydrogen) atoms. The minimum absolute atomic E-state index is 0.224. The standard InChI is InChI=1S/C22H31N3O6S/c26-20(27)13-25-18-3-1-2-4-19(18)32-14-17(21(25)28)24-16(22(29)30)8-12-31-11-7-15-5-9-23-10-6-15/h1-4,15-17,23-24H,5-14H2,(H,26,27)(H,29,30)/t16-,17?/m1/s1. The van der Waals surface area contributed by atoms with Crippen LogP contribution in [0.15, 0.2) is 29.2 Å². The summed E-state index contributed by atoms with van der Waals surface area (Å²) in [6.07, 6.45) is 3.47. The number of rotatable bonds is 11. The molecule has 0 spiro atoms. The number of ether oxygens (including phenoxy) is 1. The van der Waals surface area contributed by atoms with Gasteiger partial charge >= 0.3 is 11.9 Å². The number of anilines is 1. The maximum absolute atomic E-state index is 13.1. The topological polar surface area (TPSA) is 128 Å². The first-order valence-corrected chi connectivity index (χ1v) is 12.0. The first-order valence-electron chi connectivity index (χ1n) is 11.0. The number of carbonyl (C=O) groups is 3. The molecule has 0 aliphatic carbocycles. The van der Waals surface area contributed by atoms with E-state index in [-0.39, 0.29) is 13.0 Å². The molecule has 1 unspecified atom stereocenters. The summed E-state index contributed by atoms with van der Waals surface area (Å²) in [4.78, 5) is 38.3. The van der Waals surface area contributed by atoms with Gasteiger partial charge in [0.1, 0.15) is 12.6 Å². The summed E-state index contributed by atoms with van der Waals surface area (Å²) in [5.74, 6) is -1.67. The largest absolute Gasteiger partial charge is 0.480 e. The number of hydrogen-bond acceptors (Lipinski definition) is 7. The van der Waals surface area contributed by atoms with Gasteiger partial charge in [0.05, 0.1) is 11.7 Å². The lowest BCUT2D eigenvalue weighted by Gasteiger charge is -2.26. The van der Waals surface area contributed by atoms with Crippen LogP contribution in [0.2, 0.25) is 0 Å². The fraction of sp³-hybridized carbons (Fsp3) is 0.591. The molecule has 0 saturated carbocycles. The first kappa shape index (κ1) is 24.5. The third-order valence-corrected chi connectivity index (χ3v) is 6.96. The van der Waals surface area contributed by atoms with Crippen molar-refractivity contribution in [2.45, 2.75) is 42.7 Å². The number of carbonyl (C=O) groups excluding carboxylic acids is 1. The Labute approximate surface area is 191 Å². The molecule has 1 aromatic carbocycles. The van der Waals surface area contributed by atoms with Crippen molar-refractivity contribution in [2.75, 3.05) is 43.5 Å². The van der Waals surface area contributed by atoms with E-state index in [1.54, 1.807) is 12.1 Å². The summed E-state index contributed by atoms with van der Waals surface area (Å²) >= 11 is 1.41. The number of carboxylic acids is 2. The lowest BCUT2D eigenvalue weighted by Crippen LogP contribution is -2.54. The summed E-state index contributed by atoms with van der Waals surface area (Å²) in [6.45, 7) is 2.46. The van der Waals surface area contributed by atoms with Crippen LogP contribution in [0.5, 0.6) is 0 Å². The molecule has 1 fully saturated rings. The van der Waals surface area contributed by atoms with Crippen molar-refractivity contribution in [3.05, 3.63) is 24.3 Å². The van der Waals surface area contributed by atoms with E-state index in [4.69, 9.17) is 4.74 Å². The Balaban J connectivity index is 1.55. The highest BCUT2D eigenvalue weighted by atomic mass is 32.2. The smallest absolute Gasteiger partial charge is 0.323 e. The molecule has 9 nitrogen and oxygen atoms in total. The number of carboxylic acid groups (broad SMARTS) is 2. The molecule has 2 atom stereocenters. The van der Waals surface area contributed by atoms with Gasteiger partial charge in [0, 0.05) is 23.9 Å². The Morgan fingerprint density at radius 3 is 2.69 bits per heavy atom. The molecule has 3 rings (SSSR count). The second-order valence-corrected chi connectivity index (χ2v) is 9.15. The van der Waals surface area contributed by atoms with E-state index in [1.165, 1.54) is 16.7 Å². The Hall–Kier alpha value is -2.14. The van der Waals surface area contributed by atoms with Crippen LogP contribution in [-0.2, 0) is 19.1 Å². The monoisotopic (exact) mass is 465 g/mol. The summed E-state index contributed by atoms with van der Waals surface area (Å²) in [5.41, 5.74) is 0.530. The predicted molar refractivity (Wildman–Crippen MR) is 121 cm³/mol. The summed E-state index contributed by atoms with van der Waals surface area (Å²) in [7, 11) is 0. The van der Waals surface area contributed by atoms with Crippen LogP contribution in [0.3, 0.4) is 0 Å². The number of nitrogens with zero attached hydrogens (tertiary/aromatic N) is 1. The van der Waals surface area contributed by atoms with Gasteiger partial charge in [0.15, 0.2) is 0 Å². The van der Waals surface area contributed by atoms with E-state index in [2.05, 4.69) is 10.6 Å². The third-order valence-electron chi connectivity index (χ3n) is 5.80. The normalized spacial score (nSPS) is 20.4. The summed E-state index contributed by atoms with van der Waals surface area (Å²) in [6, 6.07) is 5.32. The highest BCUT2D eigenvalue weighted by Gasteiger charge is 2.34. The van der Waals surface area contributed by atoms with E-state index in [0.29, 0.717) is 24.0 Å². The average molecular weight is 466 g/mol. The maximum Gasteiger partial charge on any atom is 0.323 e. The number of piperidine rings is 1. The quantitative estimate of drug-likeness (QED) is 0.359. The van der Waals surface area contributed by atoms with Crippen LogP contribution in [0, 0.1) is 5.92 Å². The lowest BCUT2D eigenvalue weighted by molar-refractivity contribution is -0.141. The molecule has 1 saturated heterocycles. The van der Waals surface area contributed by atoms with Gasteiger partial charge < -0.3 is 20.3 Å². The number of amides is 1. The van der Waals surface area contributed by atoms with E-state index < -0.39 is 36.5 Å². The Morgan fingerprint density at radius 2 is 1.97 bits per heavy atom. The highest BCUT2D eigenvalue weighted by Crippen LogP contribution is 2.34. The van der Waals surface area contributed by atoms with Crippen LogP contribution in [-0.4, -0.2) is 78.7 Å². The number of para-hydroxylation sites is 1. The Bertz CT molecular complexity index is 802. The lowest BCUT2D eigenvalue weighted by atomic mass is 9.95. The number of thioether (sulfide) groups is 1. The van der Waals surface area contributed by atoms with Crippen molar-refractivity contribution in [1.82, 2.24) is 10.6 Å². The van der Waals surface area contributed by atoms with Crippen LogP contribution < -0.4 is 15.5 Å². The molecule has 2 heterocycles. The SMILES string of the molecule is O=C(O)CN1C(=O)C(N[C@H](CCOCCC2CCNCC2)C(=O)O)CSc2ccccc21. The van der Waals surface area contributed by atoms with Gasteiger partial charge in [-0.1, -0.05) is 12.1 Å². The van der Waals surface area contributed by atoms with Crippen LogP contribution in [0.25, 0.3) is 0 Å². The fourth-order valence-electron chi connectivity index (χ4n) is 4.02. The minimum Gasteiger partial charge on any atom is -0.480 e. The Kier molecular flexibility index (Phi) is 9.34.